The predicted octanol–water partition coefficient (Wildman–Crippen LogP) is 6.23. The second kappa shape index (κ2) is 12.2. The molecule has 2 heterocycles. The third kappa shape index (κ3) is 6.30. The Bertz CT molecular complexity index is 1860. The molecule has 0 amide bonds. The van der Waals surface area contributed by atoms with E-state index in [4.69, 9.17) is 32.7 Å². The number of alkyl halides is 3. The Morgan fingerprint density at radius 1 is 1.05 bits per heavy atom. The van der Waals surface area contributed by atoms with E-state index in [9.17, 15) is 22.8 Å². The van der Waals surface area contributed by atoms with Crippen LogP contribution in [0.1, 0.15) is 29.7 Å². The van der Waals surface area contributed by atoms with Crippen LogP contribution in [0.4, 0.5) is 13.2 Å². The van der Waals surface area contributed by atoms with E-state index in [1.54, 1.807) is 36.4 Å². The normalized spacial score (nSPS) is 15.3. The van der Waals surface area contributed by atoms with Crippen molar-refractivity contribution in [2.75, 3.05) is 6.61 Å². The van der Waals surface area contributed by atoms with Crippen LogP contribution in [0.3, 0.4) is 0 Å². The molecule has 0 N–H and O–H groups in total. The fraction of sp³-hybridized carbons (Fsp3) is 0.167. The molecule has 1 aliphatic rings. The van der Waals surface area contributed by atoms with Gasteiger partial charge in [-0.05, 0) is 66.1 Å². The van der Waals surface area contributed by atoms with Gasteiger partial charge in [0.1, 0.15) is 12.4 Å². The molecular formula is C30H21Cl2F3N2O4S. The molecular weight excluding hydrogens is 612 g/mol. The third-order valence-corrected chi connectivity index (χ3v) is 7.70. The lowest BCUT2D eigenvalue weighted by molar-refractivity contribution is -0.140. The van der Waals surface area contributed by atoms with Gasteiger partial charge in [-0.15, -0.1) is 0 Å². The van der Waals surface area contributed by atoms with Crippen LogP contribution in [-0.4, -0.2) is 23.3 Å². The van der Waals surface area contributed by atoms with Crippen molar-refractivity contribution in [3.8, 4) is 5.75 Å². The van der Waals surface area contributed by atoms with Gasteiger partial charge in [-0.25, -0.2) is 9.79 Å². The Morgan fingerprint density at radius 3 is 2.48 bits per heavy atom. The van der Waals surface area contributed by atoms with Crippen molar-refractivity contribution >= 4 is 46.6 Å². The van der Waals surface area contributed by atoms with Crippen molar-refractivity contribution in [3.05, 3.63) is 130 Å². The Kier molecular flexibility index (Phi) is 8.58. The van der Waals surface area contributed by atoms with E-state index >= 15 is 0 Å². The van der Waals surface area contributed by atoms with Crippen LogP contribution in [0.5, 0.6) is 5.75 Å². The van der Waals surface area contributed by atoms with Gasteiger partial charge in [0.2, 0.25) is 0 Å². The molecule has 0 radical (unpaired) electrons. The summed E-state index contributed by atoms with van der Waals surface area (Å²) in [7, 11) is 0. The van der Waals surface area contributed by atoms with Gasteiger partial charge >= 0.3 is 12.1 Å². The number of carbonyl (C=O) groups excluding carboxylic acids is 1. The number of ether oxygens (including phenoxy) is 2. The zero-order valence-corrected chi connectivity index (χ0v) is 24.2. The summed E-state index contributed by atoms with van der Waals surface area (Å²) in [5, 5.41) is 0.915. The first-order chi connectivity index (χ1) is 20.0. The van der Waals surface area contributed by atoms with Gasteiger partial charge in [-0.3, -0.25) is 9.36 Å². The van der Waals surface area contributed by atoms with Gasteiger partial charge in [-0.1, -0.05) is 70.9 Å². The average Bonchev–Trinajstić information content (AvgIpc) is 3.26. The number of aromatic nitrogens is 1. The summed E-state index contributed by atoms with van der Waals surface area (Å²) in [5.41, 5.74) is -1.13. The second-order valence-electron chi connectivity index (χ2n) is 9.11. The van der Waals surface area contributed by atoms with E-state index in [1.807, 2.05) is 12.1 Å². The smallest absolute Gasteiger partial charge is 0.434 e. The summed E-state index contributed by atoms with van der Waals surface area (Å²) in [6, 6.07) is 18.5. The maximum atomic E-state index is 14.3. The number of carbonyl (C=O) groups is 1. The van der Waals surface area contributed by atoms with Gasteiger partial charge < -0.3 is 9.47 Å². The van der Waals surface area contributed by atoms with Crippen molar-refractivity contribution in [1.29, 1.82) is 0 Å². The van der Waals surface area contributed by atoms with Crippen molar-refractivity contribution in [1.82, 2.24) is 4.57 Å². The summed E-state index contributed by atoms with van der Waals surface area (Å²) in [6.45, 7) is 1.57. The minimum atomic E-state index is -4.99. The summed E-state index contributed by atoms with van der Waals surface area (Å²) < 4.78 is 54.8. The van der Waals surface area contributed by atoms with E-state index < -0.39 is 35.0 Å². The Balaban J connectivity index is 1.61. The zero-order chi connectivity index (χ0) is 30.0. The van der Waals surface area contributed by atoms with Crippen molar-refractivity contribution in [2.24, 2.45) is 4.99 Å². The molecule has 0 fully saturated rings. The molecule has 42 heavy (non-hydrogen) atoms. The first-order valence-corrected chi connectivity index (χ1v) is 14.2. The van der Waals surface area contributed by atoms with Gasteiger partial charge in [0, 0.05) is 10.0 Å². The van der Waals surface area contributed by atoms with Gasteiger partial charge in [0.25, 0.3) is 5.56 Å². The number of esters is 1. The number of rotatable bonds is 7. The molecule has 6 nitrogen and oxygen atoms in total. The molecule has 12 heteroatoms. The molecule has 1 atom stereocenters. The fourth-order valence-corrected chi connectivity index (χ4v) is 5.78. The van der Waals surface area contributed by atoms with Gasteiger partial charge in [0.15, 0.2) is 10.5 Å². The van der Waals surface area contributed by atoms with Gasteiger partial charge in [0.05, 0.1) is 22.8 Å². The lowest BCUT2D eigenvalue weighted by Gasteiger charge is -2.26. The Labute approximate surface area is 251 Å². The largest absolute Gasteiger partial charge is 0.489 e. The topological polar surface area (TPSA) is 69.9 Å². The highest BCUT2D eigenvalue weighted by Crippen LogP contribution is 2.38. The van der Waals surface area contributed by atoms with Crippen molar-refractivity contribution < 1.29 is 27.4 Å². The number of thiazole rings is 1. The average molecular weight is 633 g/mol. The second-order valence-corrected chi connectivity index (χ2v) is 11.0. The lowest BCUT2D eigenvalue weighted by Crippen LogP contribution is -2.41. The fourth-order valence-electron chi connectivity index (χ4n) is 4.44. The minimum absolute atomic E-state index is 0.117. The molecule has 5 rings (SSSR count). The number of hydrogen-bond acceptors (Lipinski definition) is 6. The van der Waals surface area contributed by atoms with E-state index in [0.717, 1.165) is 21.5 Å². The molecule has 1 aliphatic heterocycles. The molecule has 4 aromatic rings. The highest BCUT2D eigenvalue weighted by molar-refractivity contribution is 7.07. The van der Waals surface area contributed by atoms with Crippen LogP contribution in [-0.2, 0) is 16.1 Å². The lowest BCUT2D eigenvalue weighted by atomic mass is 9.95. The highest BCUT2D eigenvalue weighted by Gasteiger charge is 2.45. The minimum Gasteiger partial charge on any atom is -0.489 e. The van der Waals surface area contributed by atoms with Gasteiger partial charge in [-0.2, -0.15) is 13.2 Å². The molecule has 0 bridgehead atoms. The third-order valence-electron chi connectivity index (χ3n) is 6.23. The van der Waals surface area contributed by atoms with E-state index in [2.05, 4.69) is 4.99 Å². The molecule has 0 saturated carbocycles. The summed E-state index contributed by atoms with van der Waals surface area (Å²) in [4.78, 5) is 30.2. The first-order valence-electron chi connectivity index (χ1n) is 12.6. The summed E-state index contributed by atoms with van der Waals surface area (Å²) >= 11 is 12.8. The molecule has 216 valence electrons. The molecule has 0 saturated heterocycles. The van der Waals surface area contributed by atoms with E-state index in [1.165, 1.54) is 37.3 Å². The van der Waals surface area contributed by atoms with Crippen molar-refractivity contribution in [3.63, 3.8) is 0 Å². The number of hydrogen-bond donors (Lipinski definition) is 0. The van der Waals surface area contributed by atoms with E-state index in [0.29, 0.717) is 21.4 Å². The number of benzene rings is 3. The van der Waals surface area contributed by atoms with Crippen molar-refractivity contribution in [2.45, 2.75) is 25.7 Å². The number of nitrogens with zero attached hydrogens (tertiary/aromatic N) is 2. The van der Waals surface area contributed by atoms with E-state index in [-0.39, 0.29) is 28.1 Å². The number of halogens is 5. The molecule has 0 aliphatic carbocycles. The molecule has 0 unspecified atom stereocenters. The number of allylic oxidation sites excluding steroid dienone is 1. The SMILES string of the molecule is CCOC(=O)C1=C(C(F)(F)F)N=c2s/c(=C\c3cccc(OCc4cccc(Cl)c4)c3)c(=O)n2[C@H]1c1ccc(Cl)cc1. The summed E-state index contributed by atoms with van der Waals surface area (Å²) in [5.74, 6) is -0.702. The summed E-state index contributed by atoms with van der Waals surface area (Å²) in [6.07, 6.45) is -3.45. The van der Waals surface area contributed by atoms with Crippen LogP contribution < -0.4 is 19.6 Å². The standard InChI is InChI=1S/C30H21Cl2F3N2O4S/c1-2-40-28(39)24-25(19-9-11-20(31)12-10-19)37-27(38)23(42-29(37)36-26(24)30(33,34)35)15-17-5-4-8-22(14-17)41-16-18-6-3-7-21(32)13-18/h3-15,25H,2,16H2,1H3/b23-15-/t25-/m0/s1. The number of fused-ring (bicyclic) bond motifs is 1. The molecule has 3 aromatic carbocycles. The highest BCUT2D eigenvalue weighted by atomic mass is 35.5. The molecule has 1 aromatic heterocycles. The molecule has 0 spiro atoms. The van der Waals surface area contributed by atoms with Crippen LogP contribution >= 0.6 is 34.5 Å². The van der Waals surface area contributed by atoms with Crippen LogP contribution in [0.2, 0.25) is 10.0 Å². The van der Waals surface area contributed by atoms with Crippen LogP contribution in [0.15, 0.2) is 93.9 Å². The monoisotopic (exact) mass is 632 g/mol. The maximum Gasteiger partial charge on any atom is 0.434 e. The first kappa shape index (κ1) is 29.6. The quantitative estimate of drug-likeness (QED) is 0.227. The van der Waals surface area contributed by atoms with Crippen LogP contribution in [0.25, 0.3) is 6.08 Å². The maximum absolute atomic E-state index is 14.3. The predicted molar refractivity (Wildman–Crippen MR) is 154 cm³/mol. The Morgan fingerprint density at radius 2 is 1.79 bits per heavy atom. The Hall–Kier alpha value is -3.86. The van der Waals surface area contributed by atoms with Crippen LogP contribution in [0, 0.1) is 0 Å². The zero-order valence-electron chi connectivity index (χ0n) is 21.8.